The van der Waals surface area contributed by atoms with Gasteiger partial charge in [-0.3, -0.25) is 4.79 Å². The molecule has 0 amide bonds. The maximum atomic E-state index is 13.1. The van der Waals surface area contributed by atoms with Gasteiger partial charge in [0.25, 0.3) is 0 Å². The van der Waals surface area contributed by atoms with Crippen LogP contribution in [0.1, 0.15) is 35.3 Å². The number of phenols is 1. The zero-order chi connectivity index (χ0) is 15.4. The highest BCUT2D eigenvalue weighted by molar-refractivity contribution is 5.97. The van der Waals surface area contributed by atoms with Gasteiger partial charge in [-0.1, -0.05) is 19.1 Å². The number of aryl methyl sites for hydroxylation is 1. The van der Waals surface area contributed by atoms with Crippen LogP contribution in [0.2, 0.25) is 0 Å². The molecule has 2 rings (SSSR count). The van der Waals surface area contributed by atoms with Crippen molar-refractivity contribution in [3.63, 3.8) is 0 Å². The van der Waals surface area contributed by atoms with E-state index in [4.69, 9.17) is 4.74 Å². The van der Waals surface area contributed by atoms with E-state index in [2.05, 4.69) is 0 Å². The monoisotopic (exact) mass is 288 g/mol. The van der Waals surface area contributed by atoms with Gasteiger partial charge in [-0.2, -0.15) is 0 Å². The van der Waals surface area contributed by atoms with Crippen molar-refractivity contribution >= 4 is 5.78 Å². The van der Waals surface area contributed by atoms with Crippen molar-refractivity contribution in [1.82, 2.24) is 0 Å². The number of phenolic OH excluding ortho intramolecular Hbond substituents is 1. The fourth-order valence-electron chi connectivity index (χ4n) is 2.09. The van der Waals surface area contributed by atoms with Crippen LogP contribution in [0, 0.1) is 5.82 Å². The number of ketones is 1. The standard InChI is InChI=1S/C17H17FO3/c1-3-13-8-15(11(2)19)16(20)9-17(13)21-10-12-5-4-6-14(18)7-12/h4-9,20H,3,10H2,1-2H3. The number of carbonyl (C=O) groups excluding carboxylic acids is 1. The van der Waals surface area contributed by atoms with Gasteiger partial charge in [-0.15, -0.1) is 0 Å². The largest absolute Gasteiger partial charge is 0.507 e. The normalized spacial score (nSPS) is 10.4. The lowest BCUT2D eigenvalue weighted by atomic mass is 10.0. The topological polar surface area (TPSA) is 46.5 Å². The summed E-state index contributed by atoms with van der Waals surface area (Å²) in [5.74, 6) is -0.112. The van der Waals surface area contributed by atoms with E-state index in [1.54, 1.807) is 18.2 Å². The van der Waals surface area contributed by atoms with Crippen molar-refractivity contribution in [2.24, 2.45) is 0 Å². The van der Waals surface area contributed by atoms with Crippen molar-refractivity contribution in [1.29, 1.82) is 0 Å². The maximum absolute atomic E-state index is 13.1. The van der Waals surface area contributed by atoms with E-state index in [0.717, 1.165) is 5.56 Å². The number of Topliss-reactive ketones (excluding diaryl/α,β-unsaturated/α-hetero) is 1. The molecule has 0 atom stereocenters. The molecule has 0 aliphatic rings. The van der Waals surface area contributed by atoms with Gasteiger partial charge in [-0.25, -0.2) is 4.39 Å². The fourth-order valence-corrected chi connectivity index (χ4v) is 2.09. The van der Waals surface area contributed by atoms with E-state index in [-0.39, 0.29) is 29.5 Å². The average Bonchev–Trinajstić information content (AvgIpc) is 2.45. The van der Waals surface area contributed by atoms with Crippen LogP contribution < -0.4 is 4.74 Å². The highest BCUT2D eigenvalue weighted by Gasteiger charge is 2.12. The summed E-state index contributed by atoms with van der Waals surface area (Å²) in [6.45, 7) is 3.54. The SMILES string of the molecule is CCc1cc(C(C)=O)c(O)cc1OCc1cccc(F)c1. The number of rotatable bonds is 5. The quantitative estimate of drug-likeness (QED) is 0.849. The van der Waals surface area contributed by atoms with Crippen LogP contribution in [0.15, 0.2) is 36.4 Å². The molecule has 0 spiro atoms. The zero-order valence-corrected chi connectivity index (χ0v) is 12.0. The third-order valence-corrected chi connectivity index (χ3v) is 3.22. The molecule has 2 aromatic carbocycles. The van der Waals surface area contributed by atoms with Crippen LogP contribution in [0.3, 0.4) is 0 Å². The van der Waals surface area contributed by atoms with Gasteiger partial charge in [0.15, 0.2) is 5.78 Å². The number of carbonyl (C=O) groups is 1. The average molecular weight is 288 g/mol. The van der Waals surface area contributed by atoms with Crippen molar-refractivity contribution in [3.8, 4) is 11.5 Å². The van der Waals surface area contributed by atoms with Gasteiger partial charge in [0.05, 0.1) is 5.56 Å². The van der Waals surface area contributed by atoms with Crippen LogP contribution in [0.25, 0.3) is 0 Å². The van der Waals surface area contributed by atoms with Gasteiger partial charge < -0.3 is 9.84 Å². The molecule has 0 saturated heterocycles. The molecule has 2 aromatic rings. The first-order valence-electron chi connectivity index (χ1n) is 6.75. The molecule has 3 nitrogen and oxygen atoms in total. The second-order valence-corrected chi connectivity index (χ2v) is 4.81. The van der Waals surface area contributed by atoms with Crippen LogP contribution >= 0.6 is 0 Å². The van der Waals surface area contributed by atoms with E-state index >= 15 is 0 Å². The van der Waals surface area contributed by atoms with Gasteiger partial charge >= 0.3 is 0 Å². The third kappa shape index (κ3) is 3.60. The minimum atomic E-state index is -0.318. The first kappa shape index (κ1) is 15.0. The van der Waals surface area contributed by atoms with Gasteiger partial charge in [0.1, 0.15) is 23.9 Å². The fraction of sp³-hybridized carbons (Fsp3) is 0.235. The molecule has 0 fully saturated rings. The lowest BCUT2D eigenvalue weighted by Gasteiger charge is -2.13. The molecule has 0 bridgehead atoms. The van der Waals surface area contributed by atoms with Crippen molar-refractivity contribution in [2.75, 3.05) is 0 Å². The third-order valence-electron chi connectivity index (χ3n) is 3.22. The maximum Gasteiger partial charge on any atom is 0.163 e. The molecule has 0 aromatic heterocycles. The summed E-state index contributed by atoms with van der Waals surface area (Å²) in [6.07, 6.45) is 0.666. The molecule has 1 N–H and O–H groups in total. The predicted octanol–water partition coefficient (Wildman–Crippen LogP) is 3.88. The second-order valence-electron chi connectivity index (χ2n) is 4.81. The highest BCUT2D eigenvalue weighted by atomic mass is 19.1. The van der Waals surface area contributed by atoms with E-state index in [1.807, 2.05) is 6.92 Å². The first-order valence-corrected chi connectivity index (χ1v) is 6.75. The smallest absolute Gasteiger partial charge is 0.163 e. The first-order chi connectivity index (χ1) is 10.0. The molecule has 0 aliphatic carbocycles. The minimum absolute atomic E-state index is 0.103. The number of ether oxygens (including phenoxy) is 1. The van der Waals surface area contributed by atoms with Crippen LogP contribution in [-0.4, -0.2) is 10.9 Å². The second kappa shape index (κ2) is 6.39. The van der Waals surface area contributed by atoms with Gasteiger partial charge in [0.2, 0.25) is 0 Å². The Morgan fingerprint density at radius 1 is 1.29 bits per heavy atom. The lowest BCUT2D eigenvalue weighted by molar-refractivity contribution is 0.101. The molecule has 21 heavy (non-hydrogen) atoms. The highest BCUT2D eigenvalue weighted by Crippen LogP contribution is 2.29. The Morgan fingerprint density at radius 3 is 2.67 bits per heavy atom. The number of hydrogen-bond acceptors (Lipinski definition) is 3. The predicted molar refractivity (Wildman–Crippen MR) is 78.2 cm³/mol. The summed E-state index contributed by atoms with van der Waals surface area (Å²) < 4.78 is 18.8. The molecule has 0 heterocycles. The van der Waals surface area contributed by atoms with Crippen LogP contribution in [-0.2, 0) is 13.0 Å². The molecule has 110 valence electrons. The number of benzene rings is 2. The minimum Gasteiger partial charge on any atom is -0.507 e. The number of aromatic hydroxyl groups is 1. The number of hydrogen-bond donors (Lipinski definition) is 1. The summed E-state index contributed by atoms with van der Waals surface area (Å²) in [5, 5.41) is 9.86. The Morgan fingerprint density at radius 2 is 2.05 bits per heavy atom. The molecule has 0 unspecified atom stereocenters. The Labute approximate surface area is 123 Å². The molecule has 0 saturated carbocycles. The molecule has 0 radical (unpaired) electrons. The lowest BCUT2D eigenvalue weighted by Crippen LogP contribution is -2.01. The van der Waals surface area contributed by atoms with Gasteiger partial charge in [-0.05, 0) is 42.7 Å². The Kier molecular flexibility index (Phi) is 4.58. The molecule has 4 heteroatoms. The molecular formula is C17H17FO3. The summed E-state index contributed by atoms with van der Waals surface area (Å²) >= 11 is 0. The molecular weight excluding hydrogens is 271 g/mol. The Hall–Kier alpha value is -2.36. The summed E-state index contributed by atoms with van der Waals surface area (Å²) in [5.41, 5.74) is 1.81. The zero-order valence-electron chi connectivity index (χ0n) is 12.0. The number of halogens is 1. The summed E-state index contributed by atoms with van der Waals surface area (Å²) in [4.78, 5) is 11.4. The van der Waals surface area contributed by atoms with Crippen LogP contribution in [0.5, 0.6) is 11.5 Å². The Bertz CT molecular complexity index is 665. The van der Waals surface area contributed by atoms with Crippen molar-refractivity contribution in [2.45, 2.75) is 26.9 Å². The van der Waals surface area contributed by atoms with E-state index in [9.17, 15) is 14.3 Å². The van der Waals surface area contributed by atoms with E-state index in [1.165, 1.54) is 25.1 Å². The van der Waals surface area contributed by atoms with E-state index in [0.29, 0.717) is 17.7 Å². The molecule has 0 aliphatic heterocycles. The summed E-state index contributed by atoms with van der Waals surface area (Å²) in [6, 6.07) is 9.22. The van der Waals surface area contributed by atoms with Crippen molar-refractivity contribution < 1.29 is 19.0 Å². The van der Waals surface area contributed by atoms with Crippen molar-refractivity contribution in [3.05, 3.63) is 58.9 Å². The Balaban J connectivity index is 2.23. The van der Waals surface area contributed by atoms with Crippen LogP contribution in [0.4, 0.5) is 4.39 Å². The van der Waals surface area contributed by atoms with E-state index < -0.39 is 0 Å². The summed E-state index contributed by atoms with van der Waals surface area (Å²) in [7, 11) is 0. The van der Waals surface area contributed by atoms with Gasteiger partial charge in [0, 0.05) is 6.07 Å².